The van der Waals surface area contributed by atoms with Crippen LogP contribution in [0.25, 0.3) is 16.5 Å². The molecule has 0 unspecified atom stereocenters. The molecule has 0 bridgehead atoms. The second-order valence-corrected chi connectivity index (χ2v) is 7.46. The van der Waals surface area contributed by atoms with E-state index in [4.69, 9.17) is 9.47 Å². The van der Waals surface area contributed by atoms with Crippen LogP contribution in [0, 0.1) is 6.92 Å². The highest BCUT2D eigenvalue weighted by atomic mass is 16.5. The van der Waals surface area contributed by atoms with Gasteiger partial charge in [0, 0.05) is 17.5 Å². The Hall–Kier alpha value is -3.08. The number of fused-ring (bicyclic) bond motifs is 1. The molecule has 0 amide bonds. The second-order valence-electron chi connectivity index (χ2n) is 7.46. The summed E-state index contributed by atoms with van der Waals surface area (Å²) in [5.41, 5.74) is 4.85. The zero-order valence-electron chi connectivity index (χ0n) is 17.5. The third-order valence-corrected chi connectivity index (χ3v) is 5.46. The van der Waals surface area contributed by atoms with Crippen molar-refractivity contribution in [1.29, 1.82) is 0 Å². The Labute approximate surface area is 171 Å². The number of anilines is 1. The van der Waals surface area contributed by atoms with Gasteiger partial charge in [-0.3, -0.25) is 0 Å². The van der Waals surface area contributed by atoms with E-state index in [0.29, 0.717) is 17.3 Å². The summed E-state index contributed by atoms with van der Waals surface area (Å²) >= 11 is 0. The van der Waals surface area contributed by atoms with Gasteiger partial charge in [0.15, 0.2) is 11.5 Å². The van der Waals surface area contributed by atoms with Gasteiger partial charge in [-0.2, -0.15) is 0 Å². The Bertz CT molecular complexity index is 1080. The molecule has 1 N–H and O–H groups in total. The topological polar surface area (TPSA) is 56.3 Å². The number of nitrogens with one attached hydrogen (secondary N) is 1. The monoisotopic (exact) mass is 389 g/mol. The summed E-state index contributed by atoms with van der Waals surface area (Å²) in [6.07, 6.45) is 5.97. The fraction of sp³-hybridized carbons (Fsp3) is 0.333. The summed E-state index contributed by atoms with van der Waals surface area (Å²) in [5, 5.41) is 4.49. The molecule has 0 saturated heterocycles. The molecule has 3 aromatic rings. The Morgan fingerprint density at radius 3 is 2.55 bits per heavy atom. The van der Waals surface area contributed by atoms with Crippen molar-refractivity contribution in [2.45, 2.75) is 39.2 Å². The molecule has 1 aromatic heterocycles. The largest absolute Gasteiger partial charge is 0.493 e. The predicted molar refractivity (Wildman–Crippen MR) is 118 cm³/mol. The minimum absolute atomic E-state index is 0.0996. The van der Waals surface area contributed by atoms with Gasteiger partial charge < -0.3 is 14.8 Å². The van der Waals surface area contributed by atoms with Gasteiger partial charge in [-0.25, -0.2) is 9.97 Å². The highest BCUT2D eigenvalue weighted by molar-refractivity contribution is 5.92. The van der Waals surface area contributed by atoms with Crippen LogP contribution >= 0.6 is 0 Å². The maximum Gasteiger partial charge on any atom is 0.162 e. The number of aryl methyl sites for hydroxylation is 1. The molecular weight excluding hydrogens is 362 g/mol. The van der Waals surface area contributed by atoms with Crippen LogP contribution in [0.2, 0.25) is 0 Å². The van der Waals surface area contributed by atoms with Crippen molar-refractivity contribution in [3.05, 3.63) is 59.4 Å². The fourth-order valence-electron chi connectivity index (χ4n) is 3.91. The second kappa shape index (κ2) is 8.11. The summed E-state index contributed by atoms with van der Waals surface area (Å²) in [7, 11) is 3.27. The van der Waals surface area contributed by atoms with E-state index in [0.717, 1.165) is 16.7 Å². The quantitative estimate of drug-likeness (QED) is 0.586. The molecule has 5 nitrogen and oxygen atoms in total. The molecule has 150 valence electrons. The summed E-state index contributed by atoms with van der Waals surface area (Å²) in [6, 6.07) is 12.7. The molecule has 5 heteroatoms. The van der Waals surface area contributed by atoms with Gasteiger partial charge >= 0.3 is 0 Å². The number of nitrogens with zero attached hydrogens (tertiary/aromatic N) is 2. The lowest BCUT2D eigenvalue weighted by Gasteiger charge is -2.18. The first kappa shape index (κ1) is 19.2. The van der Waals surface area contributed by atoms with E-state index in [9.17, 15) is 0 Å². The summed E-state index contributed by atoms with van der Waals surface area (Å²) in [5.74, 6) is 2.84. The van der Waals surface area contributed by atoms with Crippen LogP contribution in [0.3, 0.4) is 0 Å². The Kier molecular flexibility index (Phi) is 5.38. The van der Waals surface area contributed by atoms with Crippen molar-refractivity contribution in [1.82, 2.24) is 9.97 Å². The van der Waals surface area contributed by atoms with Crippen molar-refractivity contribution in [2.75, 3.05) is 19.5 Å². The van der Waals surface area contributed by atoms with Crippen LogP contribution in [0.5, 0.6) is 11.5 Å². The number of allylic oxidation sites excluding steroid dienone is 2. The lowest BCUT2D eigenvalue weighted by molar-refractivity contribution is 0.356. The number of aromatic nitrogens is 2. The molecule has 1 heterocycles. The number of hydrogen-bond donors (Lipinski definition) is 1. The third kappa shape index (κ3) is 3.90. The van der Waals surface area contributed by atoms with Crippen LogP contribution in [0.15, 0.2) is 42.5 Å². The van der Waals surface area contributed by atoms with Gasteiger partial charge in [0.2, 0.25) is 0 Å². The van der Waals surface area contributed by atoms with Crippen LogP contribution in [-0.2, 0) is 0 Å². The van der Waals surface area contributed by atoms with E-state index in [-0.39, 0.29) is 6.04 Å². The van der Waals surface area contributed by atoms with Gasteiger partial charge in [0.1, 0.15) is 11.6 Å². The average molecular weight is 389 g/mol. The fourth-order valence-corrected chi connectivity index (χ4v) is 3.91. The lowest BCUT2D eigenvalue weighted by atomic mass is 9.99. The predicted octanol–water partition coefficient (Wildman–Crippen LogP) is 5.70. The molecule has 2 aromatic carbocycles. The van der Waals surface area contributed by atoms with Crippen LogP contribution < -0.4 is 14.8 Å². The van der Waals surface area contributed by atoms with E-state index in [1.807, 2.05) is 19.1 Å². The zero-order chi connectivity index (χ0) is 20.4. The number of benzene rings is 2. The minimum atomic E-state index is 0.0996. The third-order valence-electron chi connectivity index (χ3n) is 5.46. The Morgan fingerprint density at radius 2 is 1.83 bits per heavy atom. The molecule has 1 aliphatic carbocycles. The van der Waals surface area contributed by atoms with Crippen molar-refractivity contribution in [2.24, 2.45) is 0 Å². The van der Waals surface area contributed by atoms with Gasteiger partial charge in [-0.15, -0.1) is 0 Å². The Morgan fingerprint density at radius 1 is 1.03 bits per heavy atom. The van der Waals surface area contributed by atoms with Crippen LogP contribution in [0.1, 0.15) is 49.2 Å². The molecule has 0 spiro atoms. The Balaban J connectivity index is 1.69. The minimum Gasteiger partial charge on any atom is -0.493 e. The number of rotatable bonds is 6. The van der Waals surface area contributed by atoms with E-state index in [1.165, 1.54) is 36.0 Å². The van der Waals surface area contributed by atoms with Gasteiger partial charge in [-0.1, -0.05) is 24.3 Å². The van der Waals surface area contributed by atoms with Gasteiger partial charge in [0.25, 0.3) is 0 Å². The lowest BCUT2D eigenvalue weighted by Crippen LogP contribution is -2.10. The molecule has 0 aliphatic heterocycles. The van der Waals surface area contributed by atoms with Crippen molar-refractivity contribution in [3.63, 3.8) is 0 Å². The van der Waals surface area contributed by atoms with Gasteiger partial charge in [0.05, 0.1) is 19.7 Å². The molecule has 1 aliphatic rings. The SMILES string of the molecule is COc1cc2nc(C)nc(N[C@H](C)c3cccc(C4=CCCC4)c3)c2cc1OC. The molecule has 0 fully saturated rings. The number of methoxy groups -OCH3 is 2. The molecular formula is C24H27N3O2. The molecule has 29 heavy (non-hydrogen) atoms. The van der Waals surface area contributed by atoms with Crippen LogP contribution in [0.4, 0.5) is 5.82 Å². The van der Waals surface area contributed by atoms with Crippen molar-refractivity contribution >= 4 is 22.3 Å². The van der Waals surface area contributed by atoms with E-state index >= 15 is 0 Å². The van der Waals surface area contributed by atoms with Crippen molar-refractivity contribution < 1.29 is 9.47 Å². The summed E-state index contributed by atoms with van der Waals surface area (Å²) < 4.78 is 10.9. The number of ether oxygens (including phenoxy) is 2. The first-order valence-electron chi connectivity index (χ1n) is 10.1. The molecule has 4 rings (SSSR count). The van der Waals surface area contributed by atoms with E-state index in [2.05, 4.69) is 52.5 Å². The molecule has 0 radical (unpaired) electrons. The maximum atomic E-state index is 5.48. The van der Waals surface area contributed by atoms with Gasteiger partial charge in [-0.05, 0) is 61.9 Å². The normalized spacial score (nSPS) is 14.6. The first-order valence-corrected chi connectivity index (χ1v) is 10.1. The summed E-state index contributed by atoms with van der Waals surface area (Å²) in [6.45, 7) is 4.06. The average Bonchev–Trinajstić information content (AvgIpc) is 3.27. The summed E-state index contributed by atoms with van der Waals surface area (Å²) in [4.78, 5) is 9.24. The maximum absolute atomic E-state index is 5.48. The number of hydrogen-bond acceptors (Lipinski definition) is 5. The molecule has 1 atom stereocenters. The standard InChI is InChI=1S/C24H27N3O2/c1-15(18-10-7-11-19(12-18)17-8-5-6-9-17)25-24-20-13-22(28-3)23(29-4)14-21(20)26-16(2)27-24/h7-8,10-15H,5-6,9H2,1-4H3,(H,25,26,27)/t15-/m1/s1. The highest BCUT2D eigenvalue weighted by Crippen LogP contribution is 2.35. The van der Waals surface area contributed by atoms with E-state index in [1.54, 1.807) is 14.2 Å². The zero-order valence-corrected chi connectivity index (χ0v) is 17.5. The molecule has 0 saturated carbocycles. The first-order chi connectivity index (χ1) is 14.1. The highest BCUT2D eigenvalue weighted by Gasteiger charge is 2.15. The van der Waals surface area contributed by atoms with E-state index < -0.39 is 0 Å². The van der Waals surface area contributed by atoms with Crippen LogP contribution in [-0.4, -0.2) is 24.2 Å². The van der Waals surface area contributed by atoms with Crippen molar-refractivity contribution in [3.8, 4) is 11.5 Å². The smallest absolute Gasteiger partial charge is 0.162 e.